The number of hydrogen-bond acceptors (Lipinski definition) is 5. The first-order chi connectivity index (χ1) is 16.4. The normalized spacial score (nSPS) is 22.0. The average Bonchev–Trinajstić information content (AvgIpc) is 3.34. The number of benzene rings is 2. The lowest BCUT2D eigenvalue weighted by molar-refractivity contribution is -0.120. The Balaban J connectivity index is 1.28. The summed E-state index contributed by atoms with van der Waals surface area (Å²) in [6.45, 7) is 2.40. The van der Waals surface area contributed by atoms with E-state index in [0.717, 1.165) is 11.1 Å². The number of rotatable bonds is 5. The Labute approximate surface area is 196 Å². The van der Waals surface area contributed by atoms with Crippen molar-refractivity contribution in [1.29, 1.82) is 0 Å². The number of nitrogens with zero attached hydrogens (tertiary/aromatic N) is 3. The summed E-state index contributed by atoms with van der Waals surface area (Å²) in [6, 6.07) is 15.6. The van der Waals surface area contributed by atoms with E-state index in [0.29, 0.717) is 30.9 Å². The van der Waals surface area contributed by atoms with Crippen molar-refractivity contribution in [2.75, 3.05) is 29.4 Å². The van der Waals surface area contributed by atoms with Crippen molar-refractivity contribution in [3.05, 3.63) is 66.2 Å². The molecule has 2 atom stereocenters. The third kappa shape index (κ3) is 3.89. The van der Waals surface area contributed by atoms with E-state index in [9.17, 15) is 19.2 Å². The zero-order valence-corrected chi connectivity index (χ0v) is 18.6. The number of nitrogens with one attached hydrogen (secondary N) is 1. The Morgan fingerprint density at radius 3 is 2.47 bits per heavy atom. The van der Waals surface area contributed by atoms with Gasteiger partial charge >= 0.3 is 12.1 Å². The zero-order chi connectivity index (χ0) is 23.8. The number of anilines is 2. The molecule has 174 valence electrons. The molecule has 2 saturated heterocycles. The summed E-state index contributed by atoms with van der Waals surface area (Å²) in [5.41, 5.74) is 3.19. The second kappa shape index (κ2) is 8.66. The second-order valence-electron chi connectivity index (χ2n) is 8.49. The van der Waals surface area contributed by atoms with Crippen LogP contribution >= 0.6 is 0 Å². The predicted molar refractivity (Wildman–Crippen MR) is 125 cm³/mol. The van der Waals surface area contributed by atoms with Gasteiger partial charge in [0.25, 0.3) is 5.91 Å². The molecule has 5 amide bonds. The number of para-hydroxylation sites is 1. The Morgan fingerprint density at radius 1 is 1.03 bits per heavy atom. The van der Waals surface area contributed by atoms with E-state index in [4.69, 9.17) is 4.74 Å². The third-order valence-electron chi connectivity index (χ3n) is 6.28. The third-order valence-corrected chi connectivity index (χ3v) is 6.28. The second-order valence-corrected chi connectivity index (χ2v) is 8.49. The van der Waals surface area contributed by atoms with E-state index < -0.39 is 18.2 Å². The van der Waals surface area contributed by atoms with Crippen LogP contribution in [0.15, 0.2) is 60.7 Å². The first-order valence-corrected chi connectivity index (χ1v) is 11.1. The van der Waals surface area contributed by atoms with Gasteiger partial charge in [0.15, 0.2) is 0 Å². The first-order valence-electron chi connectivity index (χ1n) is 11.1. The van der Waals surface area contributed by atoms with Crippen LogP contribution in [0, 0.1) is 0 Å². The highest BCUT2D eigenvalue weighted by atomic mass is 16.6. The lowest BCUT2D eigenvalue weighted by Gasteiger charge is -2.26. The van der Waals surface area contributed by atoms with Crippen molar-refractivity contribution in [2.45, 2.75) is 25.5 Å². The summed E-state index contributed by atoms with van der Waals surface area (Å²) in [4.78, 5) is 53.7. The molecule has 2 unspecified atom stereocenters. The Bertz CT molecular complexity index is 1180. The van der Waals surface area contributed by atoms with Crippen molar-refractivity contribution in [3.8, 4) is 0 Å². The predicted octanol–water partition coefficient (Wildman–Crippen LogP) is 2.77. The Kier molecular flexibility index (Phi) is 5.53. The van der Waals surface area contributed by atoms with E-state index in [-0.39, 0.29) is 24.4 Å². The van der Waals surface area contributed by atoms with Gasteiger partial charge in [0.2, 0.25) is 5.91 Å². The lowest BCUT2D eigenvalue weighted by atomic mass is 9.94. The molecule has 9 nitrogen and oxygen atoms in total. The highest BCUT2D eigenvalue weighted by Crippen LogP contribution is 2.35. The van der Waals surface area contributed by atoms with Gasteiger partial charge in [0.05, 0.1) is 18.8 Å². The van der Waals surface area contributed by atoms with Crippen molar-refractivity contribution < 1.29 is 23.9 Å². The number of urea groups is 1. The SMILES string of the molecule is CC(=O)NCC1CN(c2ccc(C3=CCN4C(=O)N(c5ccccc5)C(=O)C4C3)cc2)C(=O)O1. The molecule has 1 N–H and O–H groups in total. The fourth-order valence-corrected chi connectivity index (χ4v) is 4.54. The molecule has 3 heterocycles. The molecule has 3 aliphatic heterocycles. The molecule has 2 aromatic rings. The number of cyclic esters (lactones) is 1. The van der Waals surface area contributed by atoms with Gasteiger partial charge in [-0.3, -0.25) is 14.5 Å². The number of carbonyl (C=O) groups excluding carboxylic acids is 4. The fraction of sp³-hybridized carbons (Fsp3) is 0.280. The summed E-state index contributed by atoms with van der Waals surface area (Å²) < 4.78 is 5.32. The molecule has 0 aromatic heterocycles. The van der Waals surface area contributed by atoms with Crippen LogP contribution in [0.4, 0.5) is 21.0 Å². The molecule has 9 heteroatoms. The molecule has 0 saturated carbocycles. The first kappa shape index (κ1) is 21.7. The van der Waals surface area contributed by atoms with Crippen LogP contribution in [-0.4, -0.2) is 60.6 Å². The molecule has 34 heavy (non-hydrogen) atoms. The summed E-state index contributed by atoms with van der Waals surface area (Å²) in [6.07, 6.45) is 1.55. The van der Waals surface area contributed by atoms with Crippen LogP contribution in [0.25, 0.3) is 5.57 Å². The monoisotopic (exact) mass is 460 g/mol. The topological polar surface area (TPSA) is 99.3 Å². The summed E-state index contributed by atoms with van der Waals surface area (Å²) in [5, 5.41) is 2.66. The molecule has 0 aliphatic carbocycles. The summed E-state index contributed by atoms with van der Waals surface area (Å²) >= 11 is 0. The number of amides is 5. The quantitative estimate of drug-likeness (QED) is 0.692. The molecule has 0 bridgehead atoms. The van der Waals surface area contributed by atoms with Gasteiger partial charge in [-0.25, -0.2) is 14.5 Å². The van der Waals surface area contributed by atoms with Gasteiger partial charge in [-0.2, -0.15) is 0 Å². The smallest absolute Gasteiger partial charge is 0.414 e. The van der Waals surface area contributed by atoms with E-state index in [1.54, 1.807) is 29.2 Å². The number of imide groups is 1. The largest absolute Gasteiger partial charge is 0.442 e. The summed E-state index contributed by atoms with van der Waals surface area (Å²) in [5.74, 6) is -0.393. The number of fused-ring (bicyclic) bond motifs is 1. The zero-order valence-electron chi connectivity index (χ0n) is 18.6. The average molecular weight is 460 g/mol. The lowest BCUT2D eigenvalue weighted by Crippen LogP contribution is -2.38. The molecule has 3 aliphatic rings. The van der Waals surface area contributed by atoms with Crippen molar-refractivity contribution in [3.63, 3.8) is 0 Å². The van der Waals surface area contributed by atoms with E-state index >= 15 is 0 Å². The van der Waals surface area contributed by atoms with Gasteiger partial charge in [-0.15, -0.1) is 0 Å². The highest BCUT2D eigenvalue weighted by Gasteiger charge is 2.47. The van der Waals surface area contributed by atoms with Crippen molar-refractivity contribution in [2.24, 2.45) is 0 Å². The molecule has 2 aromatic carbocycles. The van der Waals surface area contributed by atoms with E-state index in [1.807, 2.05) is 36.4 Å². The van der Waals surface area contributed by atoms with Crippen LogP contribution < -0.4 is 15.1 Å². The van der Waals surface area contributed by atoms with Crippen LogP contribution in [-0.2, 0) is 14.3 Å². The summed E-state index contributed by atoms with van der Waals surface area (Å²) in [7, 11) is 0. The highest BCUT2D eigenvalue weighted by molar-refractivity contribution is 6.22. The molecule has 0 spiro atoms. The number of ether oxygens (including phenoxy) is 1. The Hall–Kier alpha value is -4.14. The molecule has 5 rings (SSSR count). The van der Waals surface area contributed by atoms with Crippen LogP contribution in [0.2, 0.25) is 0 Å². The van der Waals surface area contributed by atoms with Crippen LogP contribution in [0.1, 0.15) is 18.9 Å². The van der Waals surface area contributed by atoms with Crippen molar-refractivity contribution >= 4 is 40.9 Å². The fourth-order valence-electron chi connectivity index (χ4n) is 4.54. The van der Waals surface area contributed by atoms with Crippen LogP contribution in [0.5, 0.6) is 0 Å². The number of hydrogen-bond donors (Lipinski definition) is 1. The van der Waals surface area contributed by atoms with E-state index in [2.05, 4.69) is 5.32 Å². The van der Waals surface area contributed by atoms with Crippen LogP contribution in [0.3, 0.4) is 0 Å². The maximum atomic E-state index is 13.1. The molecule has 0 radical (unpaired) electrons. The van der Waals surface area contributed by atoms with Gasteiger partial charge < -0.3 is 15.0 Å². The van der Waals surface area contributed by atoms with Crippen molar-refractivity contribution in [1.82, 2.24) is 10.2 Å². The minimum absolute atomic E-state index is 0.174. The number of carbonyl (C=O) groups is 4. The standard InChI is InChI=1S/C25H24N4O5/c1-16(30)26-14-21-15-28(25(33)34-21)19-9-7-17(8-10-19)18-11-12-27-22(13-18)23(31)29(24(27)32)20-5-3-2-4-6-20/h2-11,21-22H,12-15H2,1H3,(H,26,30). The van der Waals surface area contributed by atoms with Gasteiger partial charge in [0, 0.05) is 25.6 Å². The molecular formula is C25H24N4O5. The van der Waals surface area contributed by atoms with Gasteiger partial charge in [0.1, 0.15) is 12.1 Å². The van der Waals surface area contributed by atoms with Gasteiger partial charge in [-0.1, -0.05) is 36.4 Å². The maximum Gasteiger partial charge on any atom is 0.414 e. The molecule has 2 fully saturated rings. The van der Waals surface area contributed by atoms with E-state index in [1.165, 1.54) is 16.7 Å². The Morgan fingerprint density at radius 2 is 1.76 bits per heavy atom. The maximum absolute atomic E-state index is 13.1. The minimum atomic E-state index is -0.532. The molecular weight excluding hydrogens is 436 g/mol. The van der Waals surface area contributed by atoms with Gasteiger partial charge in [-0.05, 0) is 35.4 Å². The minimum Gasteiger partial charge on any atom is -0.442 e.